The third-order valence-electron chi connectivity index (χ3n) is 6.42. The molecule has 33 heavy (non-hydrogen) atoms. The van der Waals surface area contributed by atoms with Crippen LogP contribution in [0.3, 0.4) is 0 Å². The maximum atomic E-state index is 13.4. The van der Waals surface area contributed by atoms with E-state index in [1.165, 1.54) is 7.11 Å². The molecular weight excluding hydrogens is 418 g/mol. The molecule has 0 bridgehead atoms. The van der Waals surface area contributed by atoms with Gasteiger partial charge in [0.1, 0.15) is 18.4 Å². The largest absolute Gasteiger partial charge is 0.497 e. The van der Waals surface area contributed by atoms with E-state index in [1.54, 1.807) is 7.11 Å². The smallest absolute Gasteiger partial charge is 0.339 e. The summed E-state index contributed by atoms with van der Waals surface area (Å²) < 4.78 is 16.0. The highest BCUT2D eigenvalue weighted by Crippen LogP contribution is 2.37. The maximum Gasteiger partial charge on any atom is 0.339 e. The van der Waals surface area contributed by atoms with E-state index < -0.39 is 0 Å². The van der Waals surface area contributed by atoms with Crippen molar-refractivity contribution in [1.29, 1.82) is 0 Å². The zero-order valence-electron chi connectivity index (χ0n) is 20.4. The zero-order valence-corrected chi connectivity index (χ0v) is 20.4. The maximum absolute atomic E-state index is 13.4. The van der Waals surface area contributed by atoms with Gasteiger partial charge in [-0.25, -0.2) is 9.59 Å². The molecule has 2 aromatic rings. The van der Waals surface area contributed by atoms with Crippen molar-refractivity contribution in [2.75, 3.05) is 25.7 Å². The quantitative estimate of drug-likeness (QED) is 0.504. The van der Waals surface area contributed by atoms with Gasteiger partial charge in [0.25, 0.3) is 0 Å². The van der Waals surface area contributed by atoms with Crippen molar-refractivity contribution in [1.82, 2.24) is 0 Å². The van der Waals surface area contributed by atoms with Crippen molar-refractivity contribution in [3.05, 3.63) is 58.1 Å². The van der Waals surface area contributed by atoms with Gasteiger partial charge in [-0.2, -0.15) is 0 Å². The number of hydrogen-bond donors (Lipinski definition) is 0. The van der Waals surface area contributed by atoms with Gasteiger partial charge in [0.2, 0.25) is 0 Å². The van der Waals surface area contributed by atoms with Crippen LogP contribution in [-0.2, 0) is 40.1 Å². The number of carbonyl (C=O) groups excluding carboxylic acids is 2. The van der Waals surface area contributed by atoms with Gasteiger partial charge in [0, 0.05) is 12.2 Å². The van der Waals surface area contributed by atoms with E-state index in [9.17, 15) is 9.59 Å². The SMILES string of the molecule is CCc1cc(CC)c(N2CCC[C@H]2C(=O)OC)c(CC)c1C(=O)OCc1ccc(OC)cc1. The van der Waals surface area contributed by atoms with Gasteiger partial charge in [-0.3, -0.25) is 0 Å². The summed E-state index contributed by atoms with van der Waals surface area (Å²) in [6.45, 7) is 7.19. The Morgan fingerprint density at radius 1 is 1.00 bits per heavy atom. The number of hydrogen-bond acceptors (Lipinski definition) is 6. The van der Waals surface area contributed by atoms with Crippen LogP contribution in [0.2, 0.25) is 0 Å². The summed E-state index contributed by atoms with van der Waals surface area (Å²) in [6, 6.07) is 9.29. The van der Waals surface area contributed by atoms with Gasteiger partial charge >= 0.3 is 11.9 Å². The van der Waals surface area contributed by atoms with Crippen LogP contribution in [0.5, 0.6) is 5.75 Å². The van der Waals surface area contributed by atoms with Crippen molar-refractivity contribution in [3.8, 4) is 5.75 Å². The van der Waals surface area contributed by atoms with Crippen LogP contribution in [0.25, 0.3) is 0 Å². The lowest BCUT2D eigenvalue weighted by Gasteiger charge is -2.31. The second-order valence-corrected chi connectivity index (χ2v) is 8.26. The number of anilines is 1. The van der Waals surface area contributed by atoms with Crippen LogP contribution < -0.4 is 9.64 Å². The summed E-state index contributed by atoms with van der Waals surface area (Å²) in [4.78, 5) is 28.0. The number of esters is 2. The summed E-state index contributed by atoms with van der Waals surface area (Å²) in [6.07, 6.45) is 3.90. The normalized spacial score (nSPS) is 15.4. The topological polar surface area (TPSA) is 65.1 Å². The molecule has 3 rings (SSSR count). The first-order chi connectivity index (χ1) is 16.0. The molecule has 0 N–H and O–H groups in total. The Morgan fingerprint density at radius 2 is 1.70 bits per heavy atom. The second kappa shape index (κ2) is 11.2. The van der Waals surface area contributed by atoms with Gasteiger partial charge in [-0.1, -0.05) is 39.0 Å². The molecule has 1 aliphatic rings. The van der Waals surface area contributed by atoms with Gasteiger partial charge in [0.15, 0.2) is 0 Å². The minimum absolute atomic E-state index is 0.189. The molecule has 2 aromatic carbocycles. The molecule has 6 nitrogen and oxygen atoms in total. The molecule has 1 heterocycles. The summed E-state index contributed by atoms with van der Waals surface area (Å²) in [5, 5.41) is 0. The Hall–Kier alpha value is -3.02. The van der Waals surface area contributed by atoms with E-state index in [-0.39, 0.29) is 24.6 Å². The van der Waals surface area contributed by atoms with Crippen molar-refractivity contribution < 1.29 is 23.8 Å². The molecule has 0 radical (unpaired) electrons. The molecule has 1 aliphatic heterocycles. The minimum atomic E-state index is -0.322. The Labute approximate surface area is 196 Å². The van der Waals surface area contributed by atoms with E-state index in [0.29, 0.717) is 12.0 Å². The number of methoxy groups -OCH3 is 2. The average Bonchev–Trinajstić information content (AvgIpc) is 3.35. The van der Waals surface area contributed by atoms with Crippen molar-refractivity contribution in [3.63, 3.8) is 0 Å². The fraction of sp³-hybridized carbons (Fsp3) is 0.481. The van der Waals surface area contributed by atoms with Gasteiger partial charge in [-0.05, 0) is 66.5 Å². The Balaban J connectivity index is 2.00. The first-order valence-electron chi connectivity index (χ1n) is 11.8. The highest BCUT2D eigenvalue weighted by molar-refractivity contribution is 5.96. The van der Waals surface area contributed by atoms with Gasteiger partial charge < -0.3 is 19.1 Å². The molecule has 1 saturated heterocycles. The highest BCUT2D eigenvalue weighted by atomic mass is 16.5. The lowest BCUT2D eigenvalue weighted by Crippen LogP contribution is -2.38. The van der Waals surface area contributed by atoms with E-state index in [4.69, 9.17) is 14.2 Å². The van der Waals surface area contributed by atoms with E-state index in [2.05, 4.69) is 31.7 Å². The van der Waals surface area contributed by atoms with Crippen LogP contribution >= 0.6 is 0 Å². The number of aryl methyl sites for hydroxylation is 2. The Morgan fingerprint density at radius 3 is 2.27 bits per heavy atom. The molecule has 0 saturated carbocycles. The lowest BCUT2D eigenvalue weighted by molar-refractivity contribution is -0.141. The zero-order chi connectivity index (χ0) is 24.0. The third-order valence-corrected chi connectivity index (χ3v) is 6.42. The Kier molecular flexibility index (Phi) is 8.37. The molecule has 1 fully saturated rings. The monoisotopic (exact) mass is 453 g/mol. The van der Waals surface area contributed by atoms with Gasteiger partial charge in [0.05, 0.1) is 19.8 Å². The summed E-state index contributed by atoms with van der Waals surface area (Å²) in [7, 11) is 3.05. The highest BCUT2D eigenvalue weighted by Gasteiger charge is 2.35. The Bertz CT molecular complexity index is 983. The molecule has 0 aliphatic carbocycles. The number of rotatable bonds is 9. The lowest BCUT2D eigenvalue weighted by atomic mass is 9.90. The fourth-order valence-corrected chi connectivity index (χ4v) is 4.72. The molecule has 0 spiro atoms. The van der Waals surface area contributed by atoms with E-state index in [1.807, 2.05) is 24.3 Å². The summed E-state index contributed by atoms with van der Waals surface area (Å²) >= 11 is 0. The molecule has 0 aromatic heterocycles. The average molecular weight is 454 g/mol. The van der Waals surface area contributed by atoms with Crippen LogP contribution in [0.15, 0.2) is 30.3 Å². The van der Waals surface area contributed by atoms with Crippen molar-refractivity contribution in [2.45, 2.75) is 65.5 Å². The number of benzene rings is 2. The van der Waals surface area contributed by atoms with Gasteiger partial charge in [-0.15, -0.1) is 0 Å². The molecular formula is C27H35NO5. The van der Waals surface area contributed by atoms with Crippen LogP contribution in [0.1, 0.15) is 66.2 Å². The second-order valence-electron chi connectivity index (χ2n) is 8.26. The minimum Gasteiger partial charge on any atom is -0.497 e. The molecule has 0 amide bonds. The van der Waals surface area contributed by atoms with Crippen molar-refractivity contribution >= 4 is 17.6 Å². The standard InChI is InChI=1S/C27H35NO5/c1-6-19-16-20(7-2)25(28-15-9-10-23(28)26(29)32-5)22(8-3)24(19)27(30)33-17-18-11-13-21(31-4)14-12-18/h11-14,16,23H,6-10,15,17H2,1-5H3/t23-/m0/s1. The fourth-order valence-electron chi connectivity index (χ4n) is 4.72. The first kappa shape index (κ1) is 24.6. The van der Waals surface area contributed by atoms with Crippen LogP contribution in [0, 0.1) is 0 Å². The molecule has 1 atom stereocenters. The number of carbonyl (C=O) groups is 2. The number of nitrogens with zero attached hydrogens (tertiary/aromatic N) is 1. The van der Waals surface area contributed by atoms with E-state index >= 15 is 0 Å². The molecule has 178 valence electrons. The third kappa shape index (κ3) is 5.15. The molecule has 0 unspecified atom stereocenters. The molecule has 6 heteroatoms. The van der Waals surface area contributed by atoms with E-state index in [0.717, 1.165) is 65.9 Å². The first-order valence-corrected chi connectivity index (χ1v) is 11.8. The summed E-state index contributed by atoms with van der Waals surface area (Å²) in [5.74, 6) is 0.217. The predicted molar refractivity (Wildman–Crippen MR) is 129 cm³/mol. The number of ether oxygens (including phenoxy) is 3. The van der Waals surface area contributed by atoms with Crippen molar-refractivity contribution in [2.24, 2.45) is 0 Å². The summed E-state index contributed by atoms with van der Waals surface area (Å²) in [5.41, 5.74) is 5.64. The van der Waals surface area contributed by atoms with Crippen LogP contribution in [-0.4, -0.2) is 38.7 Å². The van der Waals surface area contributed by atoms with Crippen LogP contribution in [0.4, 0.5) is 5.69 Å². The predicted octanol–water partition coefficient (Wildman–Crippen LogP) is 4.88.